The van der Waals surface area contributed by atoms with Gasteiger partial charge in [-0.25, -0.2) is 9.18 Å². The minimum absolute atomic E-state index is 0.115. The lowest BCUT2D eigenvalue weighted by molar-refractivity contribution is 0.0353. The van der Waals surface area contributed by atoms with Crippen LogP contribution in [0.5, 0.6) is 11.6 Å². The Hall–Kier alpha value is -3.56. The van der Waals surface area contributed by atoms with Gasteiger partial charge in [-0.1, -0.05) is 24.6 Å². The average molecular weight is 575 g/mol. The van der Waals surface area contributed by atoms with Crippen molar-refractivity contribution in [2.45, 2.75) is 63.6 Å². The fourth-order valence-corrected chi connectivity index (χ4v) is 7.30. The summed E-state index contributed by atoms with van der Waals surface area (Å²) in [5, 5.41) is 4.56. The first-order valence-electron chi connectivity index (χ1n) is 15.4. The topological polar surface area (TPSA) is 83.0 Å². The Morgan fingerprint density at radius 2 is 1.86 bits per heavy atom. The van der Waals surface area contributed by atoms with E-state index in [9.17, 15) is 9.18 Å². The first-order chi connectivity index (χ1) is 20.6. The number of hydrogen-bond acceptors (Lipinski definition) is 6. The maximum Gasteiger partial charge on any atom is 0.414 e. The van der Waals surface area contributed by atoms with Crippen molar-refractivity contribution < 1.29 is 23.1 Å². The molecule has 4 aromatic rings. The number of aromatic amines is 1. The lowest BCUT2D eigenvalue weighted by Gasteiger charge is -2.46. The Balaban J connectivity index is 0.915. The third-order valence-electron chi connectivity index (χ3n) is 9.45. The number of nitrogens with one attached hydrogen (secondary N) is 2. The summed E-state index contributed by atoms with van der Waals surface area (Å²) in [5.74, 6) is 1.38. The Morgan fingerprint density at radius 1 is 1.00 bits per heavy atom. The second-order valence-electron chi connectivity index (χ2n) is 12.1. The molecule has 0 aliphatic carbocycles. The lowest BCUT2D eigenvalue weighted by Crippen LogP contribution is -2.52. The van der Waals surface area contributed by atoms with Crippen LogP contribution in [0.15, 0.2) is 53.1 Å². The molecule has 0 unspecified atom stereocenters. The molecule has 3 aliphatic heterocycles. The third-order valence-corrected chi connectivity index (χ3v) is 9.45. The molecule has 5 heterocycles. The zero-order chi connectivity index (χ0) is 28.5. The van der Waals surface area contributed by atoms with Gasteiger partial charge >= 0.3 is 6.09 Å². The summed E-state index contributed by atoms with van der Waals surface area (Å²) in [6, 6.07) is 13.1. The highest BCUT2D eigenvalue weighted by Gasteiger charge is 2.34. The van der Waals surface area contributed by atoms with E-state index in [1.165, 1.54) is 64.1 Å². The fourth-order valence-electron chi connectivity index (χ4n) is 7.30. The molecule has 3 aliphatic rings. The van der Waals surface area contributed by atoms with Gasteiger partial charge in [0.05, 0.1) is 11.8 Å². The van der Waals surface area contributed by atoms with Gasteiger partial charge in [0.1, 0.15) is 12.4 Å². The molecule has 7 rings (SSSR count). The van der Waals surface area contributed by atoms with Gasteiger partial charge < -0.3 is 34.0 Å². The van der Waals surface area contributed by atoms with Crippen molar-refractivity contribution in [3.05, 3.63) is 60.1 Å². The minimum Gasteiger partial charge on any atom is -0.488 e. The molecule has 2 atom stereocenters. The molecule has 222 valence electrons. The monoisotopic (exact) mass is 574 g/mol. The standard InChI is InChI=1S/C33H39FN4O4/c34-27-8-3-7-25-23(21-41-32(25)27)20-40-30-11-4-9-28-26(30)18-31(36-28)42-33(39)35-24-12-16-37(17-13-24)19-22-6-5-15-38-14-2-1-10-29(22)38/h3-4,7-9,11,18,21-22,24,29,36H,1-2,5-6,10,12-17,19-20H2,(H,35,39)/t22-,29+/m0/s1. The van der Waals surface area contributed by atoms with Crippen molar-refractivity contribution in [3.8, 4) is 11.6 Å². The summed E-state index contributed by atoms with van der Waals surface area (Å²) in [6.07, 6.45) is 9.73. The van der Waals surface area contributed by atoms with Crippen molar-refractivity contribution in [1.29, 1.82) is 0 Å². The lowest BCUT2D eigenvalue weighted by atomic mass is 9.83. The number of rotatable bonds is 7. The van der Waals surface area contributed by atoms with Gasteiger partial charge in [0.25, 0.3) is 0 Å². The second kappa shape index (κ2) is 12.0. The third kappa shape index (κ3) is 5.72. The number of aromatic nitrogens is 1. The van der Waals surface area contributed by atoms with Gasteiger partial charge in [-0.05, 0) is 75.7 Å². The second-order valence-corrected chi connectivity index (χ2v) is 12.1. The number of carbonyl (C=O) groups excluding carboxylic acids is 1. The predicted octanol–water partition coefficient (Wildman–Crippen LogP) is 6.45. The van der Waals surface area contributed by atoms with Crippen molar-refractivity contribution >= 4 is 28.0 Å². The zero-order valence-electron chi connectivity index (χ0n) is 23.9. The van der Waals surface area contributed by atoms with Gasteiger partial charge in [-0.2, -0.15) is 0 Å². The summed E-state index contributed by atoms with van der Waals surface area (Å²) in [6.45, 7) is 6.00. The van der Waals surface area contributed by atoms with Crippen LogP contribution in [0, 0.1) is 11.7 Å². The molecule has 2 aromatic carbocycles. The van der Waals surface area contributed by atoms with E-state index in [1.807, 2.05) is 24.3 Å². The van der Waals surface area contributed by atoms with Gasteiger partial charge in [0.2, 0.25) is 5.88 Å². The molecule has 0 saturated carbocycles. The average Bonchev–Trinajstić information content (AvgIpc) is 3.62. The molecule has 1 amide bonds. The number of carbonyl (C=O) groups is 1. The van der Waals surface area contributed by atoms with Crippen LogP contribution in [-0.4, -0.2) is 65.7 Å². The normalized spacial score (nSPS) is 22.3. The number of nitrogens with zero attached hydrogens (tertiary/aromatic N) is 2. The number of likely N-dealkylation sites (tertiary alicyclic amines) is 1. The van der Waals surface area contributed by atoms with Gasteiger partial charge in [-0.15, -0.1) is 0 Å². The Morgan fingerprint density at radius 3 is 2.76 bits per heavy atom. The van der Waals surface area contributed by atoms with E-state index < -0.39 is 11.9 Å². The van der Waals surface area contributed by atoms with Crippen molar-refractivity contribution in [3.63, 3.8) is 0 Å². The molecule has 3 fully saturated rings. The van der Waals surface area contributed by atoms with Crippen LogP contribution < -0.4 is 14.8 Å². The summed E-state index contributed by atoms with van der Waals surface area (Å²) in [4.78, 5) is 21.3. The fraction of sp³-hybridized carbons (Fsp3) is 0.485. The zero-order valence-corrected chi connectivity index (χ0v) is 23.9. The van der Waals surface area contributed by atoms with Crippen molar-refractivity contribution in [2.75, 3.05) is 32.7 Å². The molecule has 2 aromatic heterocycles. The number of furan rings is 1. The first-order valence-corrected chi connectivity index (χ1v) is 15.4. The van der Waals surface area contributed by atoms with Crippen LogP contribution in [0.1, 0.15) is 50.5 Å². The molecule has 8 nitrogen and oxygen atoms in total. The van der Waals surface area contributed by atoms with Crippen LogP contribution in [0.4, 0.5) is 9.18 Å². The largest absolute Gasteiger partial charge is 0.488 e. The number of fused-ring (bicyclic) bond motifs is 3. The quantitative estimate of drug-likeness (QED) is 0.264. The molecule has 9 heteroatoms. The number of benzene rings is 2. The number of ether oxygens (including phenoxy) is 2. The van der Waals surface area contributed by atoms with Crippen LogP contribution in [0.2, 0.25) is 0 Å². The van der Waals surface area contributed by atoms with E-state index in [-0.39, 0.29) is 18.2 Å². The van der Waals surface area contributed by atoms with E-state index in [0.717, 1.165) is 54.4 Å². The minimum atomic E-state index is -0.445. The van der Waals surface area contributed by atoms with Crippen LogP contribution in [0.3, 0.4) is 0 Å². The molecule has 3 saturated heterocycles. The Labute approximate surface area is 245 Å². The van der Waals surface area contributed by atoms with Crippen molar-refractivity contribution in [1.82, 2.24) is 20.1 Å². The van der Waals surface area contributed by atoms with Gasteiger partial charge in [0, 0.05) is 54.1 Å². The Bertz CT molecular complexity index is 1540. The number of halogens is 1. The summed E-state index contributed by atoms with van der Waals surface area (Å²) >= 11 is 0. The molecule has 42 heavy (non-hydrogen) atoms. The molecule has 0 bridgehead atoms. The number of para-hydroxylation sites is 1. The Kier molecular flexibility index (Phi) is 7.78. The smallest absolute Gasteiger partial charge is 0.414 e. The summed E-state index contributed by atoms with van der Waals surface area (Å²) in [5.41, 5.74) is 1.78. The molecule has 0 radical (unpaired) electrons. The molecular formula is C33H39FN4O4. The number of amides is 1. The maximum atomic E-state index is 14.0. The van der Waals surface area contributed by atoms with Crippen molar-refractivity contribution in [2.24, 2.45) is 5.92 Å². The number of H-pyrrole nitrogens is 1. The van der Waals surface area contributed by atoms with E-state index >= 15 is 0 Å². The highest BCUT2D eigenvalue weighted by molar-refractivity contribution is 5.88. The van der Waals surface area contributed by atoms with Crippen LogP contribution in [0.25, 0.3) is 21.9 Å². The number of hydrogen-bond donors (Lipinski definition) is 2. The highest BCUT2D eigenvalue weighted by atomic mass is 19.1. The van der Waals surface area contributed by atoms with E-state index in [0.29, 0.717) is 17.0 Å². The predicted molar refractivity (Wildman–Crippen MR) is 159 cm³/mol. The van der Waals surface area contributed by atoms with Gasteiger partial charge in [0.15, 0.2) is 11.4 Å². The van der Waals surface area contributed by atoms with Crippen LogP contribution >= 0.6 is 0 Å². The summed E-state index contributed by atoms with van der Waals surface area (Å²) in [7, 11) is 0. The van der Waals surface area contributed by atoms with E-state index in [2.05, 4.69) is 20.1 Å². The van der Waals surface area contributed by atoms with Gasteiger partial charge in [-0.3, -0.25) is 0 Å². The maximum absolute atomic E-state index is 14.0. The number of piperidine rings is 3. The molecular weight excluding hydrogens is 535 g/mol. The van der Waals surface area contributed by atoms with E-state index in [4.69, 9.17) is 13.9 Å². The first kappa shape index (κ1) is 27.3. The summed E-state index contributed by atoms with van der Waals surface area (Å²) < 4.78 is 31.1. The van der Waals surface area contributed by atoms with E-state index in [1.54, 1.807) is 12.1 Å². The molecule has 0 spiro atoms. The highest BCUT2D eigenvalue weighted by Crippen LogP contribution is 2.33. The molecule has 2 N–H and O–H groups in total. The van der Waals surface area contributed by atoms with Crippen LogP contribution in [-0.2, 0) is 6.61 Å². The SMILES string of the molecule is O=C(NC1CCN(C[C@@H]2CCCN3CCCC[C@H]23)CC1)Oc1cc2c(OCc3coc4c(F)cccc34)cccc2[nH]1.